The predicted octanol–water partition coefficient (Wildman–Crippen LogP) is 4.20. The molecule has 1 saturated carbocycles. The molecule has 0 unspecified atom stereocenters. The van der Waals surface area contributed by atoms with Gasteiger partial charge in [-0.2, -0.15) is 0 Å². The van der Waals surface area contributed by atoms with Gasteiger partial charge in [-0.05, 0) is 35.1 Å². The monoisotopic (exact) mass is 305 g/mol. The summed E-state index contributed by atoms with van der Waals surface area (Å²) < 4.78 is 0. The van der Waals surface area contributed by atoms with Gasteiger partial charge >= 0.3 is 0 Å². The molecule has 2 aromatic carbocycles. The van der Waals surface area contributed by atoms with Gasteiger partial charge in [-0.25, -0.2) is 0 Å². The molecule has 1 aliphatic carbocycles. The summed E-state index contributed by atoms with van der Waals surface area (Å²) in [5.41, 5.74) is 7.46. The van der Waals surface area contributed by atoms with E-state index in [1.165, 1.54) is 24.6 Å². The zero-order chi connectivity index (χ0) is 13.9. The van der Waals surface area contributed by atoms with Crippen LogP contribution >= 0.6 is 12.4 Å². The van der Waals surface area contributed by atoms with Crippen LogP contribution in [0.1, 0.15) is 43.7 Å². The minimum atomic E-state index is -0.430. The van der Waals surface area contributed by atoms with Crippen molar-refractivity contribution in [2.75, 3.05) is 0 Å². The molecular weight excluding hydrogens is 282 g/mol. The largest absolute Gasteiger partial charge is 0.391 e. The van der Waals surface area contributed by atoms with Gasteiger partial charge < -0.3 is 10.8 Å². The molecule has 0 saturated heterocycles. The van der Waals surface area contributed by atoms with Crippen LogP contribution in [0.3, 0.4) is 0 Å². The fourth-order valence-corrected chi connectivity index (χ4v) is 3.49. The molecule has 3 rings (SSSR count). The number of nitrogens with two attached hydrogens (primary N) is 1. The molecule has 2 atom stereocenters. The van der Waals surface area contributed by atoms with E-state index in [0.717, 1.165) is 23.8 Å². The Morgan fingerprint density at radius 3 is 2.38 bits per heavy atom. The maximum Gasteiger partial charge on any atom is 0.0761 e. The second-order valence-corrected chi connectivity index (χ2v) is 5.98. The van der Waals surface area contributed by atoms with Crippen molar-refractivity contribution in [2.45, 2.75) is 44.2 Å². The average Bonchev–Trinajstić information content (AvgIpc) is 2.54. The molecule has 0 aliphatic heterocycles. The Hall–Kier alpha value is -1.09. The number of aliphatic hydroxyl groups is 1. The maximum atomic E-state index is 10.6. The van der Waals surface area contributed by atoms with Gasteiger partial charge in [-0.3, -0.25) is 0 Å². The summed E-state index contributed by atoms with van der Waals surface area (Å²) in [6, 6.07) is 14.2. The summed E-state index contributed by atoms with van der Waals surface area (Å²) in [5, 5.41) is 13.0. The van der Waals surface area contributed by atoms with Gasteiger partial charge in [0.2, 0.25) is 0 Å². The second kappa shape index (κ2) is 7.26. The molecule has 114 valence electrons. The first kappa shape index (κ1) is 16.3. The number of rotatable bonds is 3. The normalized spacial score (nSPS) is 19.0. The number of benzene rings is 2. The second-order valence-electron chi connectivity index (χ2n) is 5.98. The average molecular weight is 306 g/mol. The number of halogens is 1. The highest BCUT2D eigenvalue weighted by Gasteiger charge is 2.28. The molecule has 1 aliphatic rings. The third-order valence-electron chi connectivity index (χ3n) is 4.68. The topological polar surface area (TPSA) is 46.2 Å². The van der Waals surface area contributed by atoms with Crippen molar-refractivity contribution in [3.8, 4) is 0 Å². The van der Waals surface area contributed by atoms with Gasteiger partial charge in [0.15, 0.2) is 0 Å². The first-order chi connectivity index (χ1) is 9.77. The standard InChI is InChI=1S/C18H23NO.ClH/c19-17(18(20)14-8-2-1-3-9-14)16-12-6-10-13-7-4-5-11-15(13)16;/h4-7,10-12,14,17-18,20H,1-3,8-9,19H2;1H/t17-,18+;/m0./s1. The first-order valence-corrected chi connectivity index (χ1v) is 7.68. The van der Waals surface area contributed by atoms with E-state index in [4.69, 9.17) is 5.73 Å². The molecule has 21 heavy (non-hydrogen) atoms. The van der Waals surface area contributed by atoms with Gasteiger partial charge in [0, 0.05) is 0 Å². The highest BCUT2D eigenvalue weighted by atomic mass is 35.5. The van der Waals surface area contributed by atoms with E-state index in [-0.39, 0.29) is 18.4 Å². The van der Waals surface area contributed by atoms with Crippen molar-refractivity contribution in [2.24, 2.45) is 11.7 Å². The Balaban J connectivity index is 0.00000161. The summed E-state index contributed by atoms with van der Waals surface area (Å²) in [7, 11) is 0. The van der Waals surface area contributed by atoms with Crippen LogP contribution in [0.4, 0.5) is 0 Å². The highest BCUT2D eigenvalue weighted by Crippen LogP contribution is 2.33. The van der Waals surface area contributed by atoms with Gasteiger partial charge in [0.25, 0.3) is 0 Å². The molecule has 0 amide bonds. The van der Waals surface area contributed by atoms with Crippen LogP contribution < -0.4 is 5.73 Å². The van der Waals surface area contributed by atoms with Crippen molar-refractivity contribution in [3.05, 3.63) is 48.0 Å². The van der Waals surface area contributed by atoms with Crippen molar-refractivity contribution >= 4 is 23.2 Å². The summed E-state index contributed by atoms with van der Waals surface area (Å²) in [6.07, 6.45) is 5.54. The maximum absolute atomic E-state index is 10.6. The van der Waals surface area contributed by atoms with Gasteiger partial charge in [0.1, 0.15) is 0 Å². The lowest BCUT2D eigenvalue weighted by Crippen LogP contribution is -2.34. The highest BCUT2D eigenvalue weighted by molar-refractivity contribution is 5.86. The SMILES string of the molecule is Cl.N[C@@H](c1cccc2ccccc12)[C@H](O)C1CCCCC1. The van der Waals surface area contributed by atoms with Crippen LogP contribution in [-0.4, -0.2) is 11.2 Å². The van der Waals surface area contributed by atoms with Crippen LogP contribution in [0.2, 0.25) is 0 Å². The van der Waals surface area contributed by atoms with E-state index in [0.29, 0.717) is 5.92 Å². The van der Waals surface area contributed by atoms with Crippen molar-refractivity contribution in [1.29, 1.82) is 0 Å². The van der Waals surface area contributed by atoms with Crippen LogP contribution in [0.25, 0.3) is 10.8 Å². The molecule has 3 heteroatoms. The van der Waals surface area contributed by atoms with E-state index < -0.39 is 6.10 Å². The third-order valence-corrected chi connectivity index (χ3v) is 4.68. The minimum absolute atomic E-state index is 0. The lowest BCUT2D eigenvalue weighted by molar-refractivity contribution is 0.0622. The number of hydrogen-bond acceptors (Lipinski definition) is 2. The lowest BCUT2D eigenvalue weighted by atomic mass is 9.80. The fourth-order valence-electron chi connectivity index (χ4n) is 3.49. The number of aliphatic hydroxyl groups excluding tert-OH is 1. The van der Waals surface area contributed by atoms with Crippen LogP contribution in [-0.2, 0) is 0 Å². The molecule has 0 bridgehead atoms. The zero-order valence-corrected chi connectivity index (χ0v) is 13.1. The van der Waals surface area contributed by atoms with Crippen LogP contribution in [0.5, 0.6) is 0 Å². The summed E-state index contributed by atoms with van der Waals surface area (Å²) in [4.78, 5) is 0. The molecule has 0 spiro atoms. The minimum Gasteiger partial charge on any atom is -0.391 e. The Labute approximate surface area is 132 Å². The van der Waals surface area contributed by atoms with E-state index in [9.17, 15) is 5.11 Å². The van der Waals surface area contributed by atoms with Crippen molar-refractivity contribution < 1.29 is 5.11 Å². The Morgan fingerprint density at radius 1 is 0.952 bits per heavy atom. The summed E-state index contributed by atoms with van der Waals surface area (Å²) in [5.74, 6) is 0.359. The number of hydrogen-bond donors (Lipinski definition) is 2. The van der Waals surface area contributed by atoms with E-state index in [1.54, 1.807) is 0 Å². The Morgan fingerprint density at radius 2 is 1.62 bits per heavy atom. The Bertz CT molecular complexity index is 575. The molecular formula is C18H24ClNO. The molecule has 0 radical (unpaired) electrons. The lowest BCUT2D eigenvalue weighted by Gasteiger charge is -2.31. The molecule has 2 aromatic rings. The third kappa shape index (κ3) is 3.39. The summed E-state index contributed by atoms with van der Waals surface area (Å²) in [6.45, 7) is 0. The van der Waals surface area contributed by atoms with E-state index in [2.05, 4.69) is 24.3 Å². The van der Waals surface area contributed by atoms with Gasteiger partial charge in [-0.1, -0.05) is 61.7 Å². The quantitative estimate of drug-likeness (QED) is 0.892. The van der Waals surface area contributed by atoms with Crippen molar-refractivity contribution in [3.63, 3.8) is 0 Å². The van der Waals surface area contributed by atoms with Crippen molar-refractivity contribution in [1.82, 2.24) is 0 Å². The van der Waals surface area contributed by atoms with Crippen LogP contribution in [0, 0.1) is 5.92 Å². The van der Waals surface area contributed by atoms with Gasteiger partial charge in [0.05, 0.1) is 12.1 Å². The van der Waals surface area contributed by atoms with E-state index >= 15 is 0 Å². The molecule has 2 nitrogen and oxygen atoms in total. The Kier molecular flexibility index (Phi) is 5.63. The zero-order valence-electron chi connectivity index (χ0n) is 12.2. The predicted molar refractivity (Wildman–Crippen MR) is 90.7 cm³/mol. The first-order valence-electron chi connectivity index (χ1n) is 7.68. The number of fused-ring (bicyclic) bond motifs is 1. The van der Waals surface area contributed by atoms with Gasteiger partial charge in [-0.15, -0.1) is 12.4 Å². The summed E-state index contributed by atoms with van der Waals surface area (Å²) >= 11 is 0. The molecule has 3 N–H and O–H groups in total. The molecule has 1 fully saturated rings. The fraction of sp³-hybridized carbons (Fsp3) is 0.444. The van der Waals surface area contributed by atoms with E-state index in [1.807, 2.05) is 18.2 Å². The molecule has 0 aromatic heterocycles. The smallest absolute Gasteiger partial charge is 0.0761 e. The molecule has 0 heterocycles. The van der Waals surface area contributed by atoms with Crippen LogP contribution in [0.15, 0.2) is 42.5 Å².